The first kappa shape index (κ1) is 18.5. The van der Waals surface area contributed by atoms with Crippen LogP contribution >= 0.6 is 0 Å². The summed E-state index contributed by atoms with van der Waals surface area (Å²) in [5, 5.41) is 5.25. The highest BCUT2D eigenvalue weighted by Crippen LogP contribution is 2.33. The molecule has 0 saturated heterocycles. The van der Waals surface area contributed by atoms with Gasteiger partial charge in [0.15, 0.2) is 0 Å². The highest BCUT2D eigenvalue weighted by Gasteiger charge is 2.22. The molecule has 3 aromatic heterocycles. The van der Waals surface area contributed by atoms with E-state index < -0.39 is 5.91 Å². The fraction of sp³-hybridized carbons (Fsp3) is 0.273. The van der Waals surface area contributed by atoms with E-state index in [2.05, 4.69) is 20.3 Å². The quantitative estimate of drug-likeness (QED) is 0.415. The summed E-state index contributed by atoms with van der Waals surface area (Å²) in [7, 11) is 0. The number of amides is 1. The van der Waals surface area contributed by atoms with Gasteiger partial charge in [-0.15, -0.1) is 0 Å². The summed E-state index contributed by atoms with van der Waals surface area (Å²) < 4.78 is 0. The fourth-order valence-corrected chi connectivity index (χ4v) is 4.23. The fourth-order valence-electron chi connectivity index (χ4n) is 4.23. The molecule has 8 heteroatoms. The monoisotopic (exact) mass is 401 g/mol. The van der Waals surface area contributed by atoms with Crippen LogP contribution in [0.1, 0.15) is 36.0 Å². The van der Waals surface area contributed by atoms with Crippen molar-refractivity contribution in [1.29, 1.82) is 0 Å². The summed E-state index contributed by atoms with van der Waals surface area (Å²) in [4.78, 5) is 28.4. The number of hydrogen-bond acceptors (Lipinski definition) is 6. The number of fused-ring (bicyclic) bond motifs is 2. The number of hydrogen-bond donors (Lipinski definition) is 4. The molecular weight excluding hydrogens is 378 g/mol. The third-order valence-corrected chi connectivity index (χ3v) is 5.88. The Morgan fingerprint density at radius 3 is 2.83 bits per heavy atom. The van der Waals surface area contributed by atoms with Crippen molar-refractivity contribution in [2.75, 3.05) is 5.32 Å². The molecule has 8 nitrogen and oxygen atoms in total. The normalized spacial score (nSPS) is 19.2. The Hall–Kier alpha value is -3.52. The van der Waals surface area contributed by atoms with Gasteiger partial charge >= 0.3 is 0 Å². The summed E-state index contributed by atoms with van der Waals surface area (Å²) in [5.74, 6) is 0.123. The molecule has 4 aromatic rings. The van der Waals surface area contributed by atoms with Crippen LogP contribution in [0, 0.1) is 0 Å². The molecule has 6 N–H and O–H groups in total. The average molecular weight is 401 g/mol. The van der Waals surface area contributed by atoms with Crippen LogP contribution in [0.3, 0.4) is 0 Å². The lowest BCUT2D eigenvalue weighted by Gasteiger charge is -2.29. The Morgan fingerprint density at radius 1 is 1.13 bits per heavy atom. The van der Waals surface area contributed by atoms with Crippen LogP contribution in [0.2, 0.25) is 0 Å². The van der Waals surface area contributed by atoms with Crippen LogP contribution in [0.5, 0.6) is 0 Å². The van der Waals surface area contributed by atoms with E-state index in [9.17, 15) is 4.79 Å². The Kier molecular flexibility index (Phi) is 4.55. The van der Waals surface area contributed by atoms with Crippen molar-refractivity contribution in [3.63, 3.8) is 0 Å². The summed E-state index contributed by atoms with van der Waals surface area (Å²) in [5.41, 5.74) is 15.6. The van der Waals surface area contributed by atoms with Gasteiger partial charge in [-0.05, 0) is 25.0 Å². The number of nitrogens with two attached hydrogens (primary N) is 2. The van der Waals surface area contributed by atoms with Crippen LogP contribution in [-0.2, 0) is 0 Å². The van der Waals surface area contributed by atoms with Gasteiger partial charge in [-0.1, -0.05) is 18.9 Å². The maximum atomic E-state index is 11.5. The number of carbonyl (C=O) groups excluding carboxylic acids is 1. The zero-order valence-electron chi connectivity index (χ0n) is 16.4. The van der Waals surface area contributed by atoms with Gasteiger partial charge < -0.3 is 21.8 Å². The van der Waals surface area contributed by atoms with Crippen LogP contribution in [-0.4, -0.2) is 37.9 Å². The van der Waals surface area contributed by atoms with Crippen molar-refractivity contribution in [2.45, 2.75) is 37.8 Å². The highest BCUT2D eigenvalue weighted by molar-refractivity contribution is 6.05. The second-order valence-corrected chi connectivity index (χ2v) is 7.84. The molecule has 1 aliphatic rings. The number of benzene rings is 1. The number of aromatic amines is 1. The zero-order chi connectivity index (χ0) is 20.7. The van der Waals surface area contributed by atoms with Crippen molar-refractivity contribution >= 4 is 33.7 Å². The summed E-state index contributed by atoms with van der Waals surface area (Å²) in [6.45, 7) is 0. The van der Waals surface area contributed by atoms with Crippen LogP contribution in [0.15, 0.2) is 43.0 Å². The second kappa shape index (κ2) is 7.38. The van der Waals surface area contributed by atoms with Gasteiger partial charge in [0.1, 0.15) is 0 Å². The van der Waals surface area contributed by atoms with Gasteiger partial charge in [-0.3, -0.25) is 9.78 Å². The maximum absolute atomic E-state index is 11.5. The molecular formula is C22H23N7O. The van der Waals surface area contributed by atoms with E-state index in [0.717, 1.165) is 52.2 Å². The van der Waals surface area contributed by atoms with Crippen LogP contribution < -0.4 is 16.8 Å². The van der Waals surface area contributed by atoms with E-state index in [4.69, 9.17) is 16.5 Å². The molecule has 0 aliphatic heterocycles. The summed E-state index contributed by atoms with van der Waals surface area (Å²) in [6, 6.07) is 5.67. The van der Waals surface area contributed by atoms with E-state index in [0.29, 0.717) is 11.5 Å². The topological polar surface area (TPSA) is 136 Å². The first-order valence-corrected chi connectivity index (χ1v) is 10.1. The van der Waals surface area contributed by atoms with Gasteiger partial charge in [0.25, 0.3) is 0 Å². The minimum absolute atomic E-state index is 0.114. The van der Waals surface area contributed by atoms with Crippen molar-refractivity contribution in [1.82, 2.24) is 19.9 Å². The first-order chi connectivity index (χ1) is 14.6. The lowest BCUT2D eigenvalue weighted by Crippen LogP contribution is -2.42. The molecule has 1 saturated carbocycles. The Bertz CT molecular complexity index is 1250. The number of H-pyrrole nitrogens is 1. The molecule has 152 valence electrons. The van der Waals surface area contributed by atoms with Crippen molar-refractivity contribution < 1.29 is 4.79 Å². The van der Waals surface area contributed by atoms with E-state index in [1.54, 1.807) is 30.7 Å². The molecule has 0 bridgehead atoms. The number of nitrogens with zero attached hydrogens (tertiary/aromatic N) is 3. The molecule has 1 aliphatic carbocycles. The Morgan fingerprint density at radius 2 is 2.00 bits per heavy atom. The second-order valence-electron chi connectivity index (χ2n) is 7.84. The lowest BCUT2D eigenvalue weighted by atomic mass is 9.91. The number of rotatable bonds is 4. The average Bonchev–Trinajstić information content (AvgIpc) is 3.18. The molecule has 5 rings (SSSR count). The van der Waals surface area contributed by atoms with E-state index >= 15 is 0 Å². The third-order valence-electron chi connectivity index (χ3n) is 5.88. The number of anilines is 1. The highest BCUT2D eigenvalue weighted by atomic mass is 16.1. The molecule has 2 unspecified atom stereocenters. The van der Waals surface area contributed by atoms with Gasteiger partial charge in [0.05, 0.1) is 5.52 Å². The number of pyridine rings is 1. The summed E-state index contributed by atoms with van der Waals surface area (Å²) in [6.07, 6.45) is 11.6. The predicted molar refractivity (Wildman–Crippen MR) is 117 cm³/mol. The van der Waals surface area contributed by atoms with E-state index in [1.165, 1.54) is 6.42 Å². The number of primary amides is 1. The van der Waals surface area contributed by atoms with Crippen LogP contribution in [0.4, 0.5) is 5.95 Å². The first-order valence-electron chi connectivity index (χ1n) is 10.1. The van der Waals surface area contributed by atoms with E-state index in [-0.39, 0.29) is 12.1 Å². The molecule has 2 atom stereocenters. The minimum atomic E-state index is -0.454. The predicted octanol–water partition coefficient (Wildman–Crippen LogP) is 2.95. The number of nitrogens with one attached hydrogen (secondary N) is 2. The molecule has 3 heterocycles. The molecule has 1 fully saturated rings. The zero-order valence-corrected chi connectivity index (χ0v) is 16.4. The Labute approximate surface area is 173 Å². The van der Waals surface area contributed by atoms with Crippen molar-refractivity contribution in [3.8, 4) is 11.1 Å². The molecule has 0 radical (unpaired) electrons. The molecule has 1 amide bonds. The lowest BCUT2D eigenvalue weighted by molar-refractivity contribution is 0.100. The maximum Gasteiger partial charge on any atom is 0.248 e. The smallest absolute Gasteiger partial charge is 0.248 e. The number of aromatic nitrogens is 4. The van der Waals surface area contributed by atoms with Crippen molar-refractivity contribution in [3.05, 3.63) is 48.5 Å². The van der Waals surface area contributed by atoms with Gasteiger partial charge in [0, 0.05) is 69.9 Å². The van der Waals surface area contributed by atoms with E-state index in [1.807, 2.05) is 12.3 Å². The SMILES string of the molecule is NC(=O)c1ccc2c(-c3cncc4cnc(NC5CCCCC5N)nc34)c[nH]c2c1. The molecule has 30 heavy (non-hydrogen) atoms. The largest absolute Gasteiger partial charge is 0.366 e. The third kappa shape index (κ3) is 3.25. The van der Waals surface area contributed by atoms with Gasteiger partial charge in [-0.25, -0.2) is 9.97 Å². The van der Waals surface area contributed by atoms with Crippen molar-refractivity contribution in [2.24, 2.45) is 11.5 Å². The minimum Gasteiger partial charge on any atom is -0.366 e. The molecule has 1 aromatic carbocycles. The molecule has 0 spiro atoms. The van der Waals surface area contributed by atoms with Gasteiger partial charge in [-0.2, -0.15) is 0 Å². The number of carbonyl (C=O) groups is 1. The van der Waals surface area contributed by atoms with Gasteiger partial charge in [0.2, 0.25) is 11.9 Å². The van der Waals surface area contributed by atoms with Crippen LogP contribution in [0.25, 0.3) is 32.9 Å². The summed E-state index contributed by atoms with van der Waals surface area (Å²) >= 11 is 0. The standard InChI is InChI=1S/C22H23N7O/c23-17-3-1-2-4-18(17)28-22-27-9-13-8-25-10-16(20(13)29-22)15-11-26-19-7-12(21(24)30)5-6-14(15)19/h5-11,17-18,26H,1-4,23H2,(H2,24,30)(H,27,28,29). The Balaban J connectivity index is 1.57.